The van der Waals surface area contributed by atoms with E-state index in [2.05, 4.69) is 17.3 Å². The summed E-state index contributed by atoms with van der Waals surface area (Å²) in [6, 6.07) is 25.8. The summed E-state index contributed by atoms with van der Waals surface area (Å²) in [7, 11) is 3.70. The van der Waals surface area contributed by atoms with Gasteiger partial charge in [0.1, 0.15) is 11.5 Å². The highest BCUT2D eigenvalue weighted by molar-refractivity contribution is 6.21. The maximum absolute atomic E-state index is 13.6. The van der Waals surface area contributed by atoms with Crippen molar-refractivity contribution in [3.05, 3.63) is 124 Å². The molecule has 0 saturated carbocycles. The zero-order valence-corrected chi connectivity index (χ0v) is 33.1. The van der Waals surface area contributed by atoms with E-state index in [0.29, 0.717) is 66.5 Å². The Morgan fingerprint density at radius 3 is 2.18 bits per heavy atom. The molecule has 0 atom stereocenters. The molecule has 4 aromatic rings. The van der Waals surface area contributed by atoms with Gasteiger partial charge in [0.05, 0.1) is 36.6 Å². The average molecular weight is 773 g/mol. The van der Waals surface area contributed by atoms with Crippen LogP contribution < -0.4 is 14.8 Å². The number of amides is 4. The van der Waals surface area contributed by atoms with Crippen molar-refractivity contribution in [2.75, 3.05) is 65.4 Å². The van der Waals surface area contributed by atoms with E-state index in [1.165, 1.54) is 4.90 Å². The number of nitrogens with one attached hydrogen (secondary N) is 1. The van der Waals surface area contributed by atoms with E-state index in [0.717, 1.165) is 67.7 Å². The number of fused-ring (bicyclic) bond motifs is 1. The summed E-state index contributed by atoms with van der Waals surface area (Å²) in [6.07, 6.45) is 7.48. The van der Waals surface area contributed by atoms with Gasteiger partial charge in [-0.05, 0) is 98.8 Å². The van der Waals surface area contributed by atoms with Crippen molar-refractivity contribution >= 4 is 41.5 Å². The fourth-order valence-corrected chi connectivity index (χ4v) is 6.96. The van der Waals surface area contributed by atoms with E-state index in [1.807, 2.05) is 78.6 Å². The van der Waals surface area contributed by atoms with Gasteiger partial charge in [-0.15, -0.1) is 0 Å². The molecule has 1 saturated heterocycles. The zero-order valence-electron chi connectivity index (χ0n) is 33.1. The second kappa shape index (κ2) is 19.9. The first-order valence-corrected chi connectivity index (χ1v) is 19.7. The lowest BCUT2D eigenvalue weighted by atomic mass is 10.0. The number of methoxy groups -OCH3 is 1. The van der Waals surface area contributed by atoms with Gasteiger partial charge in [-0.2, -0.15) is 0 Å². The Morgan fingerprint density at radius 2 is 1.42 bits per heavy atom. The molecule has 11 heteroatoms. The lowest BCUT2D eigenvalue weighted by Crippen LogP contribution is -2.47. The van der Waals surface area contributed by atoms with Gasteiger partial charge in [-0.25, -0.2) is 0 Å². The molecule has 298 valence electrons. The monoisotopic (exact) mass is 772 g/mol. The van der Waals surface area contributed by atoms with Gasteiger partial charge in [0, 0.05) is 57.4 Å². The van der Waals surface area contributed by atoms with Crippen LogP contribution in [-0.4, -0.2) is 98.4 Å². The Kier molecular flexibility index (Phi) is 14.3. The number of ether oxygens (including phenoxy) is 3. The number of hydrogen-bond donors (Lipinski definition) is 1. The van der Waals surface area contributed by atoms with Crippen molar-refractivity contribution in [1.29, 1.82) is 0 Å². The minimum atomic E-state index is -0.270. The molecule has 2 heterocycles. The van der Waals surface area contributed by atoms with E-state index in [4.69, 9.17) is 14.2 Å². The highest BCUT2D eigenvalue weighted by atomic mass is 16.5. The molecule has 2 aliphatic rings. The minimum absolute atomic E-state index is 0.231. The minimum Gasteiger partial charge on any atom is -0.493 e. The number of likely N-dealkylation sites (N-methyl/N-ethyl adjacent to an activating group) is 1. The Balaban J connectivity index is 1.01. The van der Waals surface area contributed by atoms with Crippen molar-refractivity contribution in [1.82, 2.24) is 14.7 Å². The van der Waals surface area contributed by atoms with Crippen molar-refractivity contribution in [2.24, 2.45) is 0 Å². The van der Waals surface area contributed by atoms with Gasteiger partial charge < -0.3 is 29.3 Å². The normalized spacial score (nSPS) is 14.3. The van der Waals surface area contributed by atoms with E-state index < -0.39 is 0 Å². The summed E-state index contributed by atoms with van der Waals surface area (Å²) in [5.74, 6) is 0.708. The first kappa shape index (κ1) is 40.9. The maximum atomic E-state index is 13.6. The van der Waals surface area contributed by atoms with Crippen LogP contribution in [0.25, 0.3) is 12.2 Å². The number of benzene rings is 4. The van der Waals surface area contributed by atoms with Crippen LogP contribution in [0.2, 0.25) is 0 Å². The Bertz CT molecular complexity index is 2050. The van der Waals surface area contributed by atoms with Crippen molar-refractivity contribution in [2.45, 2.75) is 45.6 Å². The topological polar surface area (TPSA) is 118 Å². The molecular formula is C46H52N4O7. The lowest BCUT2D eigenvalue weighted by Gasteiger charge is -2.32. The number of anilines is 1. The van der Waals surface area contributed by atoms with Crippen LogP contribution in [0.4, 0.5) is 5.69 Å². The average Bonchev–Trinajstić information content (AvgIpc) is 3.46. The number of unbranched alkanes of at least 4 members (excludes halogenated alkanes) is 2. The van der Waals surface area contributed by atoms with Gasteiger partial charge in [0.2, 0.25) is 5.91 Å². The molecule has 2 aliphatic heterocycles. The number of hydrogen-bond acceptors (Lipinski definition) is 8. The van der Waals surface area contributed by atoms with Gasteiger partial charge in [-0.1, -0.05) is 54.6 Å². The summed E-state index contributed by atoms with van der Waals surface area (Å²) < 4.78 is 17.8. The van der Waals surface area contributed by atoms with Crippen LogP contribution >= 0.6 is 0 Å². The highest BCUT2D eigenvalue weighted by Crippen LogP contribution is 2.28. The number of carbonyl (C=O) groups excluding carboxylic acids is 4. The first-order chi connectivity index (χ1) is 27.7. The van der Waals surface area contributed by atoms with Crippen LogP contribution in [0.15, 0.2) is 84.9 Å². The van der Waals surface area contributed by atoms with E-state index in [9.17, 15) is 19.2 Å². The third kappa shape index (κ3) is 10.8. The predicted octanol–water partition coefficient (Wildman–Crippen LogP) is 7.34. The van der Waals surface area contributed by atoms with Crippen molar-refractivity contribution in [3.63, 3.8) is 0 Å². The fraction of sp³-hybridized carbons (Fsp3) is 0.348. The summed E-state index contributed by atoms with van der Waals surface area (Å²) in [4.78, 5) is 57.0. The number of aryl methyl sites for hydroxylation is 1. The zero-order chi connectivity index (χ0) is 40.1. The summed E-state index contributed by atoms with van der Waals surface area (Å²) >= 11 is 0. The quantitative estimate of drug-likeness (QED) is 0.0635. The fourth-order valence-electron chi connectivity index (χ4n) is 6.96. The Morgan fingerprint density at radius 1 is 0.737 bits per heavy atom. The smallest absolute Gasteiger partial charge is 0.261 e. The second-order valence-corrected chi connectivity index (χ2v) is 14.5. The molecular weight excluding hydrogens is 721 g/mol. The number of imide groups is 1. The third-order valence-electron chi connectivity index (χ3n) is 10.3. The van der Waals surface area contributed by atoms with Crippen molar-refractivity contribution < 1.29 is 33.4 Å². The molecule has 57 heavy (non-hydrogen) atoms. The Hall–Kier alpha value is -5.78. The number of carbonyl (C=O) groups is 4. The summed E-state index contributed by atoms with van der Waals surface area (Å²) in [5, 5.41) is 3.03. The number of nitrogens with zero attached hydrogens (tertiary/aromatic N) is 3. The molecule has 0 bridgehead atoms. The van der Waals surface area contributed by atoms with Gasteiger partial charge >= 0.3 is 0 Å². The molecule has 11 nitrogen and oxygen atoms in total. The Labute approximate surface area is 335 Å². The number of rotatable bonds is 18. The van der Waals surface area contributed by atoms with Gasteiger partial charge in [-0.3, -0.25) is 24.1 Å². The highest BCUT2D eigenvalue weighted by Gasteiger charge is 2.34. The predicted molar refractivity (Wildman–Crippen MR) is 222 cm³/mol. The molecule has 0 aliphatic carbocycles. The van der Waals surface area contributed by atoms with E-state index >= 15 is 0 Å². The lowest BCUT2D eigenvalue weighted by molar-refractivity contribution is -0.132. The van der Waals surface area contributed by atoms with Gasteiger partial charge in [0.25, 0.3) is 17.7 Å². The third-order valence-corrected chi connectivity index (χ3v) is 10.3. The SMILES string of the molecule is COCc1cc(C(=O)Nc2ccc(C)cc2OCCCCCC(=O)N2CCN(C)CC2)ccc1C=Cc1ccccc1OCCCN1C(=O)c2ccccc2C1=O. The number of piperazine rings is 1. The molecule has 0 spiro atoms. The largest absolute Gasteiger partial charge is 0.493 e. The molecule has 4 amide bonds. The van der Waals surface area contributed by atoms with Gasteiger partial charge in [0.15, 0.2) is 0 Å². The standard InChI is InChI=1S/C46H52N4O7/c1-33-17-22-40(42(30-33)57-28-10-4-5-16-43(51)49-26-24-48(2)25-27-49)47-44(52)36-21-19-34(37(31-36)32-55-3)18-20-35-12-6-9-15-41(35)56-29-11-23-50-45(53)38-13-7-8-14-39(38)46(50)54/h6-9,12-15,17-22,30-31H,4-5,10-11,16,23-29,32H2,1-3H3,(H,47,52). The molecule has 1 fully saturated rings. The molecule has 0 radical (unpaired) electrons. The van der Waals surface area contributed by atoms with E-state index in [1.54, 1.807) is 37.4 Å². The maximum Gasteiger partial charge on any atom is 0.261 e. The van der Waals surface area contributed by atoms with Crippen LogP contribution in [0, 0.1) is 6.92 Å². The molecule has 6 rings (SSSR count). The van der Waals surface area contributed by atoms with Crippen LogP contribution in [-0.2, 0) is 16.1 Å². The van der Waals surface area contributed by atoms with Crippen LogP contribution in [0.1, 0.15) is 85.4 Å². The molecule has 0 aromatic heterocycles. The van der Waals surface area contributed by atoms with E-state index in [-0.39, 0.29) is 30.2 Å². The first-order valence-electron chi connectivity index (χ1n) is 19.7. The second-order valence-electron chi connectivity index (χ2n) is 14.5. The van der Waals surface area contributed by atoms with Crippen molar-refractivity contribution in [3.8, 4) is 11.5 Å². The van der Waals surface area contributed by atoms with Crippen LogP contribution in [0.3, 0.4) is 0 Å². The summed E-state index contributed by atoms with van der Waals surface area (Å²) in [5.41, 5.74) is 5.56. The summed E-state index contributed by atoms with van der Waals surface area (Å²) in [6.45, 7) is 6.82. The number of para-hydroxylation sites is 1. The van der Waals surface area contributed by atoms with Crippen LogP contribution in [0.5, 0.6) is 11.5 Å². The molecule has 1 N–H and O–H groups in total. The molecule has 0 unspecified atom stereocenters. The molecule has 4 aromatic carbocycles.